The Morgan fingerprint density at radius 2 is 1.63 bits per heavy atom. The van der Waals surface area contributed by atoms with E-state index in [4.69, 9.17) is 0 Å². The van der Waals surface area contributed by atoms with Crippen LogP contribution < -0.4 is 5.32 Å². The van der Waals surface area contributed by atoms with Crippen molar-refractivity contribution >= 4 is 5.91 Å². The summed E-state index contributed by atoms with van der Waals surface area (Å²) in [6, 6.07) is 17.1. The van der Waals surface area contributed by atoms with Gasteiger partial charge in [0.2, 0.25) is 0 Å². The molecule has 0 saturated carbocycles. The van der Waals surface area contributed by atoms with Crippen molar-refractivity contribution in [1.29, 1.82) is 0 Å². The first-order valence-electron chi connectivity index (χ1n) is 10.0. The number of benzene rings is 2. The van der Waals surface area contributed by atoms with Crippen molar-refractivity contribution in [3.63, 3.8) is 0 Å². The van der Waals surface area contributed by atoms with Crippen LogP contribution in [-0.4, -0.2) is 22.2 Å². The molecule has 1 aromatic heterocycles. The fraction of sp³-hybridized carbons (Fsp3) is 0.304. The molecule has 0 radical (unpaired) electrons. The third-order valence-electron chi connectivity index (χ3n) is 5.39. The van der Waals surface area contributed by atoms with Gasteiger partial charge in [-0.15, -0.1) is 0 Å². The van der Waals surface area contributed by atoms with Gasteiger partial charge in [-0.3, -0.25) is 9.48 Å². The molecule has 4 rings (SSSR count). The number of nitrogens with one attached hydrogen (secondary N) is 1. The number of carbonyl (C=O) groups excluding carboxylic acids is 1. The van der Waals surface area contributed by atoms with E-state index >= 15 is 0 Å². The monoisotopic (exact) mass is 413 g/mol. The third kappa shape index (κ3) is 4.25. The third-order valence-corrected chi connectivity index (χ3v) is 5.39. The molecule has 0 unspecified atom stereocenters. The molecular formula is C23H22F3N3O. The van der Waals surface area contributed by atoms with Gasteiger partial charge in [0.05, 0.1) is 6.54 Å². The molecule has 0 bridgehead atoms. The number of nitrogens with zero attached hydrogens (tertiary/aromatic N) is 2. The number of fused-ring (bicyclic) bond motifs is 1. The normalized spacial score (nSPS) is 13.7. The summed E-state index contributed by atoms with van der Waals surface area (Å²) < 4.78 is 41.2. The Hall–Kier alpha value is -3.09. The Bertz CT molecular complexity index is 1020. The Labute approximate surface area is 172 Å². The van der Waals surface area contributed by atoms with Crippen LogP contribution >= 0.6 is 0 Å². The SMILES string of the molecule is O=C(NCCn1nc(C(F)(F)F)c2c1CCCC2)c1ccc(-c2ccccc2)cc1. The summed E-state index contributed by atoms with van der Waals surface area (Å²) >= 11 is 0. The molecule has 30 heavy (non-hydrogen) atoms. The highest BCUT2D eigenvalue weighted by Crippen LogP contribution is 2.35. The quantitative estimate of drug-likeness (QED) is 0.648. The van der Waals surface area contributed by atoms with Gasteiger partial charge in [-0.2, -0.15) is 18.3 Å². The van der Waals surface area contributed by atoms with Crippen molar-refractivity contribution < 1.29 is 18.0 Å². The van der Waals surface area contributed by atoms with Crippen LogP contribution in [-0.2, 0) is 25.6 Å². The largest absolute Gasteiger partial charge is 0.435 e. The summed E-state index contributed by atoms with van der Waals surface area (Å²) in [5, 5.41) is 6.60. The molecule has 7 heteroatoms. The summed E-state index contributed by atoms with van der Waals surface area (Å²) in [6.45, 7) is 0.428. The van der Waals surface area contributed by atoms with Crippen molar-refractivity contribution in [2.45, 2.75) is 38.4 Å². The minimum atomic E-state index is -4.45. The zero-order valence-corrected chi connectivity index (χ0v) is 16.4. The standard InChI is InChI=1S/C23H22F3N3O/c24-23(25,26)21-19-8-4-5-9-20(19)29(28-21)15-14-27-22(30)18-12-10-17(11-13-18)16-6-2-1-3-7-16/h1-3,6-7,10-13H,4-5,8-9,14-15H2,(H,27,30). The van der Waals surface area contributed by atoms with Gasteiger partial charge < -0.3 is 5.32 Å². The lowest BCUT2D eigenvalue weighted by molar-refractivity contribution is -0.142. The van der Waals surface area contributed by atoms with Crippen molar-refractivity contribution in [1.82, 2.24) is 15.1 Å². The number of hydrogen-bond acceptors (Lipinski definition) is 2. The number of carbonyl (C=O) groups is 1. The van der Waals surface area contributed by atoms with E-state index in [0.717, 1.165) is 24.0 Å². The predicted octanol–water partition coefficient (Wildman–Crippen LogP) is 4.88. The van der Waals surface area contributed by atoms with E-state index in [1.165, 1.54) is 4.68 Å². The van der Waals surface area contributed by atoms with Gasteiger partial charge in [0.25, 0.3) is 5.91 Å². The highest BCUT2D eigenvalue weighted by atomic mass is 19.4. The Kier molecular flexibility index (Phi) is 5.61. The van der Waals surface area contributed by atoms with E-state index < -0.39 is 11.9 Å². The molecular weight excluding hydrogens is 391 g/mol. The second-order valence-electron chi connectivity index (χ2n) is 7.40. The summed E-state index contributed by atoms with van der Waals surface area (Å²) in [5.74, 6) is -0.258. The molecule has 1 aliphatic rings. The molecule has 1 aliphatic carbocycles. The second-order valence-corrected chi connectivity index (χ2v) is 7.40. The zero-order chi connectivity index (χ0) is 21.1. The van der Waals surface area contributed by atoms with E-state index in [0.29, 0.717) is 29.7 Å². The Morgan fingerprint density at radius 1 is 0.967 bits per heavy atom. The number of halogens is 3. The lowest BCUT2D eigenvalue weighted by Gasteiger charge is -2.15. The van der Waals surface area contributed by atoms with Gasteiger partial charge >= 0.3 is 6.18 Å². The number of amides is 1. The van der Waals surface area contributed by atoms with Crippen LogP contribution in [0.15, 0.2) is 54.6 Å². The number of hydrogen-bond donors (Lipinski definition) is 1. The molecule has 0 aliphatic heterocycles. The fourth-order valence-corrected chi connectivity index (χ4v) is 3.91. The summed E-state index contributed by atoms with van der Waals surface area (Å²) in [6.07, 6.45) is -1.85. The van der Waals surface area contributed by atoms with Crippen molar-refractivity contribution in [3.8, 4) is 11.1 Å². The molecule has 4 nitrogen and oxygen atoms in total. The molecule has 2 aromatic carbocycles. The van der Waals surface area contributed by atoms with Crippen LogP contribution in [0.25, 0.3) is 11.1 Å². The average Bonchev–Trinajstić information content (AvgIpc) is 3.14. The predicted molar refractivity (Wildman–Crippen MR) is 108 cm³/mol. The summed E-state index contributed by atoms with van der Waals surface area (Å²) in [5.41, 5.74) is 2.77. The van der Waals surface area contributed by atoms with Crippen LogP contribution in [0, 0.1) is 0 Å². The maximum Gasteiger partial charge on any atom is 0.435 e. The average molecular weight is 413 g/mol. The van der Waals surface area contributed by atoms with Crippen LogP contribution in [0.1, 0.15) is 40.2 Å². The van der Waals surface area contributed by atoms with Crippen LogP contribution in [0.3, 0.4) is 0 Å². The van der Waals surface area contributed by atoms with Crippen LogP contribution in [0.4, 0.5) is 13.2 Å². The van der Waals surface area contributed by atoms with Crippen molar-refractivity contribution in [2.75, 3.05) is 6.54 Å². The first-order valence-corrected chi connectivity index (χ1v) is 10.0. The molecule has 1 heterocycles. The lowest BCUT2D eigenvalue weighted by Crippen LogP contribution is -2.28. The van der Waals surface area contributed by atoms with Crippen LogP contribution in [0.5, 0.6) is 0 Å². The van der Waals surface area contributed by atoms with Gasteiger partial charge in [-0.25, -0.2) is 0 Å². The van der Waals surface area contributed by atoms with E-state index in [1.54, 1.807) is 12.1 Å². The fourth-order valence-electron chi connectivity index (χ4n) is 3.91. The van der Waals surface area contributed by atoms with E-state index in [1.807, 2.05) is 42.5 Å². The maximum atomic E-state index is 13.3. The van der Waals surface area contributed by atoms with E-state index in [9.17, 15) is 18.0 Å². The van der Waals surface area contributed by atoms with Gasteiger partial charge in [0.15, 0.2) is 5.69 Å². The summed E-state index contributed by atoms with van der Waals surface area (Å²) in [4.78, 5) is 12.4. The Morgan fingerprint density at radius 3 is 2.33 bits per heavy atom. The molecule has 1 N–H and O–H groups in total. The zero-order valence-electron chi connectivity index (χ0n) is 16.4. The van der Waals surface area contributed by atoms with Gasteiger partial charge in [0, 0.05) is 23.4 Å². The minimum absolute atomic E-state index is 0.213. The van der Waals surface area contributed by atoms with Crippen molar-refractivity contribution in [2.24, 2.45) is 0 Å². The minimum Gasteiger partial charge on any atom is -0.350 e. The number of alkyl halides is 3. The summed E-state index contributed by atoms with van der Waals surface area (Å²) in [7, 11) is 0. The molecule has 0 spiro atoms. The highest BCUT2D eigenvalue weighted by Gasteiger charge is 2.39. The molecule has 3 aromatic rings. The number of rotatable bonds is 5. The van der Waals surface area contributed by atoms with Crippen molar-refractivity contribution in [3.05, 3.63) is 77.1 Å². The van der Waals surface area contributed by atoms with Gasteiger partial charge in [-0.1, -0.05) is 42.5 Å². The first-order chi connectivity index (χ1) is 14.4. The lowest BCUT2D eigenvalue weighted by atomic mass is 9.95. The molecule has 156 valence electrons. The highest BCUT2D eigenvalue weighted by molar-refractivity contribution is 5.94. The van der Waals surface area contributed by atoms with E-state index in [-0.39, 0.29) is 19.0 Å². The second kappa shape index (κ2) is 8.34. The van der Waals surface area contributed by atoms with Crippen LogP contribution in [0.2, 0.25) is 0 Å². The van der Waals surface area contributed by atoms with Gasteiger partial charge in [0.1, 0.15) is 0 Å². The Balaban J connectivity index is 1.40. The van der Waals surface area contributed by atoms with Gasteiger partial charge in [-0.05, 0) is 48.9 Å². The molecule has 1 amide bonds. The maximum absolute atomic E-state index is 13.3. The molecule has 0 saturated heterocycles. The van der Waals surface area contributed by atoms with E-state index in [2.05, 4.69) is 10.4 Å². The molecule has 0 fully saturated rings. The molecule has 0 atom stereocenters. The topological polar surface area (TPSA) is 46.9 Å². The smallest absolute Gasteiger partial charge is 0.350 e. The first kappa shape index (κ1) is 20.2. The number of aromatic nitrogens is 2.